The van der Waals surface area contributed by atoms with Gasteiger partial charge in [0.1, 0.15) is 5.67 Å². The predicted octanol–water partition coefficient (Wildman–Crippen LogP) is 2.63. The van der Waals surface area contributed by atoms with Crippen molar-refractivity contribution in [2.24, 2.45) is 5.73 Å². The summed E-state index contributed by atoms with van der Waals surface area (Å²) in [5.74, 6) is -0.936. The minimum absolute atomic E-state index is 0.256. The monoisotopic (exact) mass is 309 g/mol. The fourth-order valence-electron chi connectivity index (χ4n) is 2.86. The molecule has 2 rings (SSSR count). The lowest BCUT2D eigenvalue weighted by Gasteiger charge is -2.31. The standard InChI is InChI=1S/C16H24FN3O2/c1-16(17)6-4-14(5-7-16)20-10-13(19-11-20)9-12(15(21)22)3-2-8-18/h3,10-11,14H,2,4-9,18H2,1H3,(H,21,22)/b12-3-. The zero-order valence-corrected chi connectivity index (χ0v) is 13.0. The van der Waals surface area contributed by atoms with Crippen molar-refractivity contribution in [3.05, 3.63) is 29.9 Å². The summed E-state index contributed by atoms with van der Waals surface area (Å²) < 4.78 is 15.8. The molecule has 0 spiro atoms. The van der Waals surface area contributed by atoms with E-state index in [0.29, 0.717) is 31.4 Å². The number of rotatable bonds is 6. The van der Waals surface area contributed by atoms with E-state index in [9.17, 15) is 14.3 Å². The molecule has 0 saturated heterocycles. The van der Waals surface area contributed by atoms with Crippen molar-refractivity contribution in [3.8, 4) is 0 Å². The molecule has 122 valence electrons. The molecule has 1 aliphatic carbocycles. The summed E-state index contributed by atoms with van der Waals surface area (Å²) in [5.41, 5.74) is 5.39. The molecule has 0 aliphatic heterocycles. The van der Waals surface area contributed by atoms with Crippen molar-refractivity contribution < 1.29 is 14.3 Å². The van der Waals surface area contributed by atoms with Crippen molar-refractivity contribution in [2.45, 2.75) is 57.2 Å². The third-order valence-electron chi connectivity index (χ3n) is 4.28. The first-order valence-corrected chi connectivity index (χ1v) is 7.75. The summed E-state index contributed by atoms with van der Waals surface area (Å²) in [7, 11) is 0. The summed E-state index contributed by atoms with van der Waals surface area (Å²) in [5, 5.41) is 9.19. The SMILES string of the molecule is CC1(F)CCC(n2cnc(C/C(=C/CCN)C(=O)O)c2)CC1. The quantitative estimate of drug-likeness (QED) is 0.792. The summed E-state index contributed by atoms with van der Waals surface area (Å²) in [4.78, 5) is 15.5. The van der Waals surface area contributed by atoms with E-state index >= 15 is 0 Å². The van der Waals surface area contributed by atoms with Gasteiger partial charge in [0.25, 0.3) is 0 Å². The summed E-state index contributed by atoms with van der Waals surface area (Å²) in [6.07, 6.45) is 8.78. The molecular weight excluding hydrogens is 285 g/mol. The van der Waals surface area contributed by atoms with Crippen molar-refractivity contribution in [1.82, 2.24) is 9.55 Å². The van der Waals surface area contributed by atoms with Crippen LogP contribution < -0.4 is 5.73 Å². The molecule has 1 aromatic rings. The van der Waals surface area contributed by atoms with E-state index in [-0.39, 0.29) is 12.5 Å². The van der Waals surface area contributed by atoms with Crippen LogP contribution in [0.4, 0.5) is 4.39 Å². The highest BCUT2D eigenvalue weighted by atomic mass is 19.1. The molecule has 5 nitrogen and oxygen atoms in total. The Morgan fingerprint density at radius 2 is 2.27 bits per heavy atom. The molecule has 6 heteroatoms. The third-order valence-corrected chi connectivity index (χ3v) is 4.28. The number of aromatic nitrogens is 2. The van der Waals surface area contributed by atoms with Gasteiger partial charge in [-0.1, -0.05) is 6.08 Å². The number of alkyl halides is 1. The minimum Gasteiger partial charge on any atom is -0.478 e. The zero-order valence-electron chi connectivity index (χ0n) is 13.0. The van der Waals surface area contributed by atoms with Crippen molar-refractivity contribution in [3.63, 3.8) is 0 Å². The Morgan fingerprint density at radius 3 is 2.86 bits per heavy atom. The average molecular weight is 309 g/mol. The molecule has 3 N–H and O–H groups in total. The van der Waals surface area contributed by atoms with Crippen LogP contribution in [0.5, 0.6) is 0 Å². The first kappa shape index (κ1) is 16.7. The van der Waals surface area contributed by atoms with Gasteiger partial charge in [-0.3, -0.25) is 0 Å². The molecule has 22 heavy (non-hydrogen) atoms. The van der Waals surface area contributed by atoms with Crippen LogP contribution >= 0.6 is 0 Å². The molecule has 0 bridgehead atoms. The second-order valence-electron chi connectivity index (χ2n) is 6.25. The van der Waals surface area contributed by atoms with Crippen molar-refractivity contribution >= 4 is 5.97 Å². The Morgan fingerprint density at radius 1 is 1.59 bits per heavy atom. The van der Waals surface area contributed by atoms with Gasteiger partial charge in [-0.25, -0.2) is 14.2 Å². The van der Waals surface area contributed by atoms with Crippen LogP contribution in [-0.2, 0) is 11.2 Å². The van der Waals surface area contributed by atoms with Gasteiger partial charge in [-0.2, -0.15) is 0 Å². The third kappa shape index (κ3) is 4.40. The Kier molecular flexibility index (Phi) is 5.34. The summed E-state index contributed by atoms with van der Waals surface area (Å²) in [6, 6.07) is 0.256. The maximum absolute atomic E-state index is 13.8. The molecule has 0 atom stereocenters. The van der Waals surface area contributed by atoms with Gasteiger partial charge in [-0.15, -0.1) is 0 Å². The highest BCUT2D eigenvalue weighted by molar-refractivity contribution is 5.86. The lowest BCUT2D eigenvalue weighted by Crippen LogP contribution is -2.27. The van der Waals surface area contributed by atoms with Crippen molar-refractivity contribution in [2.75, 3.05) is 6.54 Å². The number of aliphatic carboxylic acids is 1. The van der Waals surface area contributed by atoms with E-state index in [0.717, 1.165) is 18.5 Å². The maximum Gasteiger partial charge on any atom is 0.331 e. The number of imidazole rings is 1. The number of carboxylic acid groups (broad SMARTS) is 1. The Bertz CT molecular complexity index is 541. The number of halogens is 1. The average Bonchev–Trinajstić information content (AvgIpc) is 2.91. The van der Waals surface area contributed by atoms with E-state index < -0.39 is 11.6 Å². The van der Waals surface area contributed by atoms with Crippen LogP contribution in [0.3, 0.4) is 0 Å². The number of hydrogen-bond acceptors (Lipinski definition) is 3. The fraction of sp³-hybridized carbons (Fsp3) is 0.625. The number of nitrogens with zero attached hydrogens (tertiary/aromatic N) is 2. The first-order valence-electron chi connectivity index (χ1n) is 7.75. The van der Waals surface area contributed by atoms with Crippen molar-refractivity contribution in [1.29, 1.82) is 0 Å². The summed E-state index contributed by atoms with van der Waals surface area (Å²) >= 11 is 0. The second-order valence-corrected chi connectivity index (χ2v) is 6.25. The normalized spacial score (nSPS) is 26.1. The number of hydrogen-bond donors (Lipinski definition) is 2. The molecule has 0 unspecified atom stereocenters. The predicted molar refractivity (Wildman–Crippen MR) is 82.3 cm³/mol. The molecular formula is C16H24FN3O2. The highest BCUT2D eigenvalue weighted by Gasteiger charge is 2.31. The Labute approximate surface area is 130 Å². The molecule has 1 aliphatic rings. The smallest absolute Gasteiger partial charge is 0.331 e. The van der Waals surface area contributed by atoms with Crippen LogP contribution in [0.2, 0.25) is 0 Å². The van der Waals surface area contributed by atoms with Crippen LogP contribution in [0, 0.1) is 0 Å². The van der Waals surface area contributed by atoms with E-state index in [4.69, 9.17) is 5.73 Å². The fourth-order valence-corrected chi connectivity index (χ4v) is 2.86. The van der Waals surface area contributed by atoms with Gasteiger partial charge in [-0.05, 0) is 45.6 Å². The lowest BCUT2D eigenvalue weighted by molar-refractivity contribution is -0.132. The zero-order chi connectivity index (χ0) is 16.2. The molecule has 1 saturated carbocycles. The van der Waals surface area contributed by atoms with E-state index in [1.807, 2.05) is 10.8 Å². The van der Waals surface area contributed by atoms with Crippen LogP contribution in [-0.4, -0.2) is 32.8 Å². The van der Waals surface area contributed by atoms with Gasteiger partial charge in [0, 0.05) is 24.2 Å². The Hall–Kier alpha value is -1.69. The molecule has 1 aromatic heterocycles. The van der Waals surface area contributed by atoms with E-state index in [2.05, 4.69) is 4.98 Å². The van der Waals surface area contributed by atoms with E-state index in [1.54, 1.807) is 19.3 Å². The van der Waals surface area contributed by atoms with Gasteiger partial charge in [0.2, 0.25) is 0 Å². The highest BCUT2D eigenvalue weighted by Crippen LogP contribution is 2.37. The van der Waals surface area contributed by atoms with Gasteiger partial charge < -0.3 is 15.4 Å². The topological polar surface area (TPSA) is 81.1 Å². The van der Waals surface area contributed by atoms with Crippen LogP contribution in [0.25, 0.3) is 0 Å². The largest absolute Gasteiger partial charge is 0.478 e. The Balaban J connectivity index is 2.00. The van der Waals surface area contributed by atoms with E-state index in [1.165, 1.54) is 0 Å². The summed E-state index contributed by atoms with van der Waals surface area (Å²) in [6.45, 7) is 2.08. The second kappa shape index (κ2) is 7.05. The number of nitrogens with two attached hydrogens (primary N) is 1. The lowest BCUT2D eigenvalue weighted by atomic mass is 9.85. The maximum atomic E-state index is 13.8. The molecule has 0 radical (unpaired) electrons. The van der Waals surface area contributed by atoms with Gasteiger partial charge in [0.15, 0.2) is 0 Å². The number of carboxylic acids is 1. The van der Waals surface area contributed by atoms with Crippen LogP contribution in [0.1, 0.15) is 50.8 Å². The van der Waals surface area contributed by atoms with Crippen LogP contribution in [0.15, 0.2) is 24.2 Å². The number of carbonyl (C=O) groups is 1. The molecule has 1 heterocycles. The molecule has 0 aromatic carbocycles. The molecule has 1 fully saturated rings. The van der Waals surface area contributed by atoms with Gasteiger partial charge in [0.05, 0.1) is 12.0 Å². The van der Waals surface area contributed by atoms with Gasteiger partial charge >= 0.3 is 5.97 Å². The first-order chi connectivity index (χ1) is 10.4. The molecule has 0 amide bonds. The minimum atomic E-state index is -1.05.